The van der Waals surface area contributed by atoms with Gasteiger partial charge in [0.15, 0.2) is 0 Å². The monoisotopic (exact) mass is 242 g/mol. The highest BCUT2D eigenvalue weighted by atomic mass is 16.2. The number of hydrogen-bond donors (Lipinski definition) is 3. The van der Waals surface area contributed by atoms with E-state index in [1.165, 1.54) is 0 Å². The van der Waals surface area contributed by atoms with Crippen LogP contribution < -0.4 is 16.4 Å². The lowest BCUT2D eigenvalue weighted by atomic mass is 10.2. The van der Waals surface area contributed by atoms with Gasteiger partial charge >= 0.3 is 6.03 Å². The standard InChI is InChI=1S/C13H14N4O/c14-9-10-1-3-11(4-2-10)16-13(18)17-12-5-7-15-8-6-12/h1-8H,9,14H2,(H2,15,16,17,18). The molecule has 1 aromatic heterocycles. The van der Waals surface area contributed by atoms with Crippen LogP contribution in [0.2, 0.25) is 0 Å². The number of hydrogen-bond acceptors (Lipinski definition) is 3. The lowest BCUT2D eigenvalue weighted by Crippen LogP contribution is -2.19. The van der Waals surface area contributed by atoms with Gasteiger partial charge in [0, 0.05) is 30.3 Å². The van der Waals surface area contributed by atoms with Crippen LogP contribution in [-0.2, 0) is 6.54 Å². The number of carbonyl (C=O) groups excluding carboxylic acids is 1. The average molecular weight is 242 g/mol. The van der Waals surface area contributed by atoms with Crippen LogP contribution >= 0.6 is 0 Å². The Morgan fingerprint density at radius 2 is 1.56 bits per heavy atom. The number of amides is 2. The number of urea groups is 1. The molecule has 4 N–H and O–H groups in total. The van der Waals surface area contributed by atoms with Crippen molar-refractivity contribution < 1.29 is 4.79 Å². The van der Waals surface area contributed by atoms with E-state index in [1.54, 1.807) is 24.5 Å². The van der Waals surface area contributed by atoms with Crippen molar-refractivity contribution in [2.75, 3.05) is 10.6 Å². The predicted octanol–water partition coefficient (Wildman–Crippen LogP) is 2.18. The number of aromatic nitrogens is 1. The van der Waals surface area contributed by atoms with Crippen LogP contribution in [0.4, 0.5) is 16.2 Å². The highest BCUT2D eigenvalue weighted by molar-refractivity contribution is 5.99. The van der Waals surface area contributed by atoms with Crippen molar-refractivity contribution in [2.45, 2.75) is 6.54 Å². The first kappa shape index (κ1) is 12.1. The lowest BCUT2D eigenvalue weighted by molar-refractivity contribution is 0.262. The zero-order valence-corrected chi connectivity index (χ0v) is 9.76. The van der Waals surface area contributed by atoms with Gasteiger partial charge < -0.3 is 16.4 Å². The van der Waals surface area contributed by atoms with Crippen LogP contribution in [0.5, 0.6) is 0 Å². The van der Waals surface area contributed by atoms with E-state index in [0.29, 0.717) is 12.2 Å². The van der Waals surface area contributed by atoms with Crippen LogP contribution in [0, 0.1) is 0 Å². The smallest absolute Gasteiger partial charge is 0.323 e. The number of pyridine rings is 1. The van der Waals surface area contributed by atoms with Crippen molar-refractivity contribution in [3.63, 3.8) is 0 Å². The molecule has 1 heterocycles. The molecule has 0 aliphatic rings. The Morgan fingerprint density at radius 3 is 2.11 bits per heavy atom. The van der Waals surface area contributed by atoms with E-state index in [1.807, 2.05) is 24.3 Å². The molecule has 0 unspecified atom stereocenters. The first-order chi connectivity index (χ1) is 8.78. The number of nitrogens with one attached hydrogen (secondary N) is 2. The molecule has 18 heavy (non-hydrogen) atoms. The Labute approximate surface area is 105 Å². The molecule has 0 radical (unpaired) electrons. The Kier molecular flexibility index (Phi) is 3.88. The Bertz CT molecular complexity index is 510. The molecule has 0 aliphatic carbocycles. The zero-order valence-electron chi connectivity index (χ0n) is 9.76. The molecule has 92 valence electrons. The number of carbonyl (C=O) groups is 1. The third-order valence-electron chi connectivity index (χ3n) is 2.39. The predicted molar refractivity (Wildman–Crippen MR) is 71.2 cm³/mol. The Hall–Kier alpha value is -2.40. The third-order valence-corrected chi connectivity index (χ3v) is 2.39. The summed E-state index contributed by atoms with van der Waals surface area (Å²) in [6, 6.07) is 10.5. The molecule has 5 nitrogen and oxygen atoms in total. The molecule has 0 spiro atoms. The Morgan fingerprint density at radius 1 is 1.00 bits per heavy atom. The van der Waals surface area contributed by atoms with E-state index in [9.17, 15) is 4.79 Å². The summed E-state index contributed by atoms with van der Waals surface area (Å²) in [5.41, 5.74) is 7.94. The second-order valence-corrected chi connectivity index (χ2v) is 3.72. The quantitative estimate of drug-likeness (QED) is 0.771. The van der Waals surface area contributed by atoms with Crippen molar-refractivity contribution in [2.24, 2.45) is 5.73 Å². The highest BCUT2D eigenvalue weighted by Gasteiger charge is 2.01. The van der Waals surface area contributed by atoms with Crippen molar-refractivity contribution in [3.8, 4) is 0 Å². The first-order valence-corrected chi connectivity index (χ1v) is 5.55. The van der Waals surface area contributed by atoms with Gasteiger partial charge in [-0.15, -0.1) is 0 Å². The van der Waals surface area contributed by atoms with Gasteiger partial charge in [-0.05, 0) is 29.8 Å². The van der Waals surface area contributed by atoms with Gasteiger partial charge in [-0.3, -0.25) is 4.98 Å². The van der Waals surface area contributed by atoms with Gasteiger partial charge in [-0.1, -0.05) is 12.1 Å². The SMILES string of the molecule is NCc1ccc(NC(=O)Nc2ccncc2)cc1. The minimum atomic E-state index is -0.290. The molecular weight excluding hydrogens is 228 g/mol. The summed E-state index contributed by atoms with van der Waals surface area (Å²) < 4.78 is 0. The van der Waals surface area contributed by atoms with Crippen LogP contribution in [-0.4, -0.2) is 11.0 Å². The van der Waals surface area contributed by atoms with Gasteiger partial charge in [0.25, 0.3) is 0 Å². The molecule has 2 rings (SSSR count). The molecule has 0 bridgehead atoms. The fourth-order valence-corrected chi connectivity index (χ4v) is 1.45. The highest BCUT2D eigenvalue weighted by Crippen LogP contribution is 2.10. The fourth-order valence-electron chi connectivity index (χ4n) is 1.45. The van der Waals surface area contributed by atoms with E-state index < -0.39 is 0 Å². The molecule has 0 saturated heterocycles. The summed E-state index contributed by atoms with van der Waals surface area (Å²) in [6.45, 7) is 0.490. The molecule has 2 aromatic rings. The van der Waals surface area contributed by atoms with Crippen LogP contribution in [0.1, 0.15) is 5.56 Å². The number of anilines is 2. The number of benzene rings is 1. The number of rotatable bonds is 3. The summed E-state index contributed by atoms with van der Waals surface area (Å²) in [5.74, 6) is 0. The average Bonchev–Trinajstić information content (AvgIpc) is 2.40. The van der Waals surface area contributed by atoms with Crippen molar-refractivity contribution in [1.82, 2.24) is 4.98 Å². The maximum Gasteiger partial charge on any atom is 0.323 e. The minimum Gasteiger partial charge on any atom is -0.326 e. The topological polar surface area (TPSA) is 80.0 Å². The molecule has 0 atom stereocenters. The Balaban J connectivity index is 1.94. The van der Waals surface area contributed by atoms with Gasteiger partial charge in [-0.2, -0.15) is 0 Å². The van der Waals surface area contributed by atoms with Crippen molar-refractivity contribution in [3.05, 3.63) is 54.4 Å². The summed E-state index contributed by atoms with van der Waals surface area (Å²) in [4.78, 5) is 15.5. The second kappa shape index (κ2) is 5.79. The van der Waals surface area contributed by atoms with Crippen molar-refractivity contribution >= 4 is 17.4 Å². The molecule has 0 aliphatic heterocycles. The molecule has 1 aromatic carbocycles. The molecule has 2 amide bonds. The van der Waals surface area contributed by atoms with E-state index in [2.05, 4.69) is 15.6 Å². The summed E-state index contributed by atoms with van der Waals surface area (Å²) in [5, 5.41) is 5.43. The summed E-state index contributed by atoms with van der Waals surface area (Å²) in [7, 11) is 0. The lowest BCUT2D eigenvalue weighted by Gasteiger charge is -2.07. The van der Waals surface area contributed by atoms with Crippen LogP contribution in [0.15, 0.2) is 48.8 Å². The van der Waals surface area contributed by atoms with E-state index in [-0.39, 0.29) is 6.03 Å². The maximum absolute atomic E-state index is 11.7. The third kappa shape index (κ3) is 3.29. The van der Waals surface area contributed by atoms with Crippen LogP contribution in [0.25, 0.3) is 0 Å². The zero-order chi connectivity index (χ0) is 12.8. The fraction of sp³-hybridized carbons (Fsp3) is 0.0769. The van der Waals surface area contributed by atoms with E-state index in [4.69, 9.17) is 5.73 Å². The van der Waals surface area contributed by atoms with Gasteiger partial charge in [0.2, 0.25) is 0 Å². The van der Waals surface area contributed by atoms with E-state index >= 15 is 0 Å². The summed E-state index contributed by atoms with van der Waals surface area (Å²) in [6.07, 6.45) is 3.23. The largest absolute Gasteiger partial charge is 0.326 e. The number of nitrogens with zero attached hydrogens (tertiary/aromatic N) is 1. The van der Waals surface area contributed by atoms with Gasteiger partial charge in [0.1, 0.15) is 0 Å². The van der Waals surface area contributed by atoms with Gasteiger partial charge in [-0.25, -0.2) is 4.79 Å². The summed E-state index contributed by atoms with van der Waals surface area (Å²) >= 11 is 0. The van der Waals surface area contributed by atoms with E-state index in [0.717, 1.165) is 11.3 Å². The maximum atomic E-state index is 11.7. The molecule has 5 heteroatoms. The molecular formula is C13H14N4O. The molecule has 0 saturated carbocycles. The normalized spacial score (nSPS) is 9.83. The van der Waals surface area contributed by atoms with Gasteiger partial charge in [0.05, 0.1) is 0 Å². The van der Waals surface area contributed by atoms with Crippen LogP contribution in [0.3, 0.4) is 0 Å². The minimum absolute atomic E-state index is 0.290. The first-order valence-electron chi connectivity index (χ1n) is 5.55. The van der Waals surface area contributed by atoms with Crippen molar-refractivity contribution in [1.29, 1.82) is 0 Å². The number of nitrogens with two attached hydrogens (primary N) is 1. The second-order valence-electron chi connectivity index (χ2n) is 3.72. The molecule has 0 fully saturated rings.